The first-order chi connectivity index (χ1) is 12.1. The Morgan fingerprint density at radius 3 is 2.64 bits per heavy atom. The van der Waals surface area contributed by atoms with Gasteiger partial charge in [-0.15, -0.1) is 0 Å². The summed E-state index contributed by atoms with van der Waals surface area (Å²) >= 11 is 18.6. The second-order valence-electron chi connectivity index (χ2n) is 5.90. The van der Waals surface area contributed by atoms with Crippen LogP contribution in [-0.2, 0) is 11.3 Å². The summed E-state index contributed by atoms with van der Waals surface area (Å²) in [5, 5.41) is 6.14. The van der Waals surface area contributed by atoms with Crippen LogP contribution >= 0.6 is 34.8 Å². The first-order valence-corrected chi connectivity index (χ1v) is 9.04. The van der Waals surface area contributed by atoms with Gasteiger partial charge in [0.15, 0.2) is 5.15 Å². The zero-order valence-electron chi connectivity index (χ0n) is 13.3. The van der Waals surface area contributed by atoms with E-state index in [2.05, 4.69) is 15.0 Å². The van der Waals surface area contributed by atoms with Gasteiger partial charge in [0.2, 0.25) is 0 Å². The van der Waals surface area contributed by atoms with Crippen molar-refractivity contribution in [2.45, 2.75) is 6.54 Å². The molecular formula is C17H15Cl3N4O. The van der Waals surface area contributed by atoms with Gasteiger partial charge < -0.3 is 4.74 Å². The fourth-order valence-electron chi connectivity index (χ4n) is 2.90. The Labute approximate surface area is 160 Å². The zero-order valence-corrected chi connectivity index (χ0v) is 15.5. The van der Waals surface area contributed by atoms with Crippen molar-refractivity contribution in [3.05, 3.63) is 51.4 Å². The van der Waals surface area contributed by atoms with Crippen LogP contribution in [0.5, 0.6) is 0 Å². The van der Waals surface area contributed by atoms with Crippen LogP contribution in [0.3, 0.4) is 0 Å². The Morgan fingerprint density at radius 2 is 1.88 bits per heavy atom. The molecule has 1 aliphatic rings. The normalized spacial score (nSPS) is 15.8. The molecule has 1 fully saturated rings. The minimum atomic E-state index is 0.393. The third-order valence-corrected chi connectivity index (χ3v) is 4.98. The Morgan fingerprint density at radius 1 is 1.08 bits per heavy atom. The quantitative estimate of drug-likeness (QED) is 0.664. The molecule has 130 valence electrons. The van der Waals surface area contributed by atoms with Gasteiger partial charge in [-0.05, 0) is 24.3 Å². The fraction of sp³-hybridized carbons (Fsp3) is 0.294. The summed E-state index contributed by atoms with van der Waals surface area (Å²) in [5.41, 5.74) is 3.14. The van der Waals surface area contributed by atoms with Gasteiger partial charge >= 0.3 is 0 Å². The lowest BCUT2D eigenvalue weighted by atomic mass is 10.1. The topological polar surface area (TPSA) is 42.7 Å². The molecule has 0 N–H and O–H groups in total. The molecule has 0 atom stereocenters. The van der Waals surface area contributed by atoms with Crippen molar-refractivity contribution in [2.75, 3.05) is 26.3 Å². The molecule has 1 aliphatic heterocycles. The predicted molar refractivity (Wildman–Crippen MR) is 99.5 cm³/mol. The molecule has 2 aromatic heterocycles. The molecule has 0 unspecified atom stereocenters. The SMILES string of the molecule is Clc1ccc(-c2cn3nc(CN4CCOCC4)cc3c(Cl)n2)c(Cl)c1. The number of nitrogens with zero attached hydrogens (tertiary/aromatic N) is 4. The number of rotatable bonds is 3. The highest BCUT2D eigenvalue weighted by atomic mass is 35.5. The number of fused-ring (bicyclic) bond motifs is 1. The van der Waals surface area contributed by atoms with Crippen LogP contribution in [0, 0.1) is 0 Å². The lowest BCUT2D eigenvalue weighted by molar-refractivity contribution is 0.0336. The maximum Gasteiger partial charge on any atom is 0.155 e. The average molecular weight is 398 g/mol. The summed E-state index contributed by atoms with van der Waals surface area (Å²) in [5.74, 6) is 0. The first kappa shape index (κ1) is 17.1. The fourth-order valence-corrected chi connectivity index (χ4v) is 3.64. The van der Waals surface area contributed by atoms with Gasteiger partial charge in [0.05, 0.1) is 35.8 Å². The molecule has 3 aromatic rings. The number of benzene rings is 1. The number of hydrogen-bond acceptors (Lipinski definition) is 4. The van der Waals surface area contributed by atoms with Crippen molar-refractivity contribution in [3.63, 3.8) is 0 Å². The summed E-state index contributed by atoms with van der Waals surface area (Å²) in [7, 11) is 0. The number of morpholine rings is 1. The molecule has 25 heavy (non-hydrogen) atoms. The van der Waals surface area contributed by atoms with E-state index in [0.717, 1.165) is 49.6 Å². The molecular weight excluding hydrogens is 383 g/mol. The van der Waals surface area contributed by atoms with E-state index in [-0.39, 0.29) is 0 Å². The van der Waals surface area contributed by atoms with E-state index in [4.69, 9.17) is 39.5 Å². The van der Waals surface area contributed by atoms with Crippen molar-refractivity contribution in [1.29, 1.82) is 0 Å². The van der Waals surface area contributed by atoms with Gasteiger partial charge in [0, 0.05) is 30.2 Å². The average Bonchev–Trinajstić information content (AvgIpc) is 2.99. The highest BCUT2D eigenvalue weighted by Crippen LogP contribution is 2.31. The predicted octanol–water partition coefficient (Wildman–Crippen LogP) is 4.19. The molecule has 4 rings (SSSR count). The van der Waals surface area contributed by atoms with Crippen molar-refractivity contribution in [2.24, 2.45) is 0 Å². The third kappa shape index (κ3) is 3.61. The summed E-state index contributed by atoms with van der Waals surface area (Å²) in [4.78, 5) is 6.77. The minimum Gasteiger partial charge on any atom is -0.379 e. The summed E-state index contributed by atoms with van der Waals surface area (Å²) in [6.07, 6.45) is 1.83. The van der Waals surface area contributed by atoms with Crippen LogP contribution in [0.1, 0.15) is 5.69 Å². The van der Waals surface area contributed by atoms with Crippen LogP contribution in [0.2, 0.25) is 15.2 Å². The lowest BCUT2D eigenvalue weighted by Crippen LogP contribution is -2.35. The van der Waals surface area contributed by atoms with Crippen LogP contribution in [0.25, 0.3) is 16.8 Å². The number of ether oxygens (including phenoxy) is 1. The highest BCUT2D eigenvalue weighted by Gasteiger charge is 2.15. The number of aromatic nitrogens is 3. The molecule has 8 heteroatoms. The van der Waals surface area contributed by atoms with Crippen molar-refractivity contribution >= 4 is 40.3 Å². The number of hydrogen-bond donors (Lipinski definition) is 0. The maximum absolute atomic E-state index is 6.38. The maximum atomic E-state index is 6.38. The molecule has 0 spiro atoms. The Kier molecular flexibility index (Phi) is 4.84. The van der Waals surface area contributed by atoms with Gasteiger partial charge in [0.25, 0.3) is 0 Å². The van der Waals surface area contributed by atoms with Crippen molar-refractivity contribution in [1.82, 2.24) is 19.5 Å². The largest absolute Gasteiger partial charge is 0.379 e. The summed E-state index contributed by atoms with van der Waals surface area (Å²) < 4.78 is 7.13. The third-order valence-electron chi connectivity index (χ3n) is 4.16. The molecule has 1 aromatic carbocycles. The van der Waals surface area contributed by atoms with Crippen molar-refractivity contribution < 1.29 is 4.74 Å². The Hall–Kier alpha value is -1.37. The minimum absolute atomic E-state index is 0.393. The smallest absolute Gasteiger partial charge is 0.155 e. The molecule has 3 heterocycles. The van der Waals surface area contributed by atoms with Gasteiger partial charge in [-0.25, -0.2) is 9.50 Å². The zero-order chi connectivity index (χ0) is 17.4. The Balaban J connectivity index is 1.69. The van der Waals surface area contributed by atoms with E-state index < -0.39 is 0 Å². The molecule has 5 nitrogen and oxygen atoms in total. The number of halogens is 3. The highest BCUT2D eigenvalue weighted by molar-refractivity contribution is 6.36. The van der Waals surface area contributed by atoms with E-state index in [1.807, 2.05) is 18.3 Å². The lowest BCUT2D eigenvalue weighted by Gasteiger charge is -2.25. The molecule has 0 saturated carbocycles. The molecule has 1 saturated heterocycles. The molecule has 0 bridgehead atoms. The van der Waals surface area contributed by atoms with E-state index in [0.29, 0.717) is 20.9 Å². The molecule has 0 radical (unpaired) electrons. The van der Waals surface area contributed by atoms with Crippen LogP contribution in [0.4, 0.5) is 0 Å². The molecule has 0 aliphatic carbocycles. The van der Waals surface area contributed by atoms with Crippen LogP contribution in [0.15, 0.2) is 30.5 Å². The second kappa shape index (κ2) is 7.09. The molecule has 0 amide bonds. The van der Waals surface area contributed by atoms with Gasteiger partial charge in [-0.3, -0.25) is 4.90 Å². The second-order valence-corrected chi connectivity index (χ2v) is 7.10. The van der Waals surface area contributed by atoms with Crippen LogP contribution < -0.4 is 0 Å². The van der Waals surface area contributed by atoms with Crippen LogP contribution in [-0.4, -0.2) is 45.8 Å². The van der Waals surface area contributed by atoms with E-state index in [1.165, 1.54) is 0 Å². The van der Waals surface area contributed by atoms with E-state index in [9.17, 15) is 0 Å². The van der Waals surface area contributed by atoms with Gasteiger partial charge in [-0.1, -0.05) is 34.8 Å². The van der Waals surface area contributed by atoms with Gasteiger partial charge in [-0.2, -0.15) is 5.10 Å². The summed E-state index contributed by atoms with van der Waals surface area (Å²) in [6.45, 7) is 4.10. The first-order valence-electron chi connectivity index (χ1n) is 7.90. The monoisotopic (exact) mass is 396 g/mol. The van der Waals surface area contributed by atoms with Crippen molar-refractivity contribution in [3.8, 4) is 11.3 Å². The van der Waals surface area contributed by atoms with E-state index >= 15 is 0 Å². The van der Waals surface area contributed by atoms with Gasteiger partial charge in [0.1, 0.15) is 5.52 Å². The summed E-state index contributed by atoms with van der Waals surface area (Å²) in [6, 6.07) is 7.26. The standard InChI is InChI=1S/C17H15Cl3N4O/c18-11-1-2-13(14(19)7-11)15-10-24-16(17(20)21-15)8-12(22-24)9-23-3-5-25-6-4-23/h1-2,7-8,10H,3-6,9H2. The van der Waals surface area contributed by atoms with E-state index in [1.54, 1.807) is 16.6 Å². The Bertz CT molecular complexity index is 922.